The van der Waals surface area contributed by atoms with Crippen LogP contribution in [-0.2, 0) is 0 Å². The van der Waals surface area contributed by atoms with Crippen molar-refractivity contribution < 1.29 is 4.42 Å². The summed E-state index contributed by atoms with van der Waals surface area (Å²) in [5.74, 6) is 1.66. The molecule has 144 valence electrons. The Morgan fingerprint density at radius 2 is 2.07 bits per heavy atom. The second kappa shape index (κ2) is 7.94. The maximum atomic E-state index is 6.30. The fourth-order valence-electron chi connectivity index (χ4n) is 3.61. The summed E-state index contributed by atoms with van der Waals surface area (Å²) >= 11 is 11.9. The highest BCUT2D eigenvalue weighted by Crippen LogP contribution is 2.40. The first-order chi connectivity index (χ1) is 13.6. The van der Waals surface area contributed by atoms with Crippen molar-refractivity contribution in [2.45, 2.75) is 32.4 Å². The molecule has 0 radical (unpaired) electrons. The van der Waals surface area contributed by atoms with Crippen LogP contribution in [0.4, 0.5) is 0 Å². The van der Waals surface area contributed by atoms with E-state index in [0.717, 1.165) is 51.4 Å². The van der Waals surface area contributed by atoms with Crippen LogP contribution in [0.25, 0.3) is 11.3 Å². The van der Waals surface area contributed by atoms with E-state index in [1.165, 1.54) is 0 Å². The first-order valence-corrected chi connectivity index (χ1v) is 10.2. The van der Waals surface area contributed by atoms with Crippen LogP contribution in [0.1, 0.15) is 42.4 Å². The Morgan fingerprint density at radius 3 is 2.79 bits per heavy atom. The number of aryl methyl sites for hydroxylation is 1. The van der Waals surface area contributed by atoms with Gasteiger partial charge in [-0.15, -0.1) is 0 Å². The van der Waals surface area contributed by atoms with Crippen molar-refractivity contribution in [1.82, 2.24) is 15.2 Å². The number of halogens is 1. The Morgan fingerprint density at radius 1 is 1.21 bits per heavy atom. The third-order valence-electron chi connectivity index (χ3n) is 5.04. The van der Waals surface area contributed by atoms with Crippen LogP contribution in [0.3, 0.4) is 0 Å². The summed E-state index contributed by atoms with van der Waals surface area (Å²) in [7, 11) is 0. The Bertz CT molecular complexity index is 988. The van der Waals surface area contributed by atoms with E-state index in [1.54, 1.807) is 0 Å². The summed E-state index contributed by atoms with van der Waals surface area (Å²) in [5.41, 5.74) is 2.96. The van der Waals surface area contributed by atoms with Crippen molar-refractivity contribution in [3.05, 3.63) is 76.8 Å². The molecule has 0 amide bonds. The normalized spacial score (nSPS) is 19.1. The number of furan rings is 1. The average Bonchev–Trinajstić information content (AvgIpc) is 3.30. The minimum Gasteiger partial charge on any atom is -0.459 e. The molecule has 3 heterocycles. The molecule has 28 heavy (non-hydrogen) atoms. The van der Waals surface area contributed by atoms with Crippen LogP contribution in [-0.4, -0.2) is 21.5 Å². The molecule has 1 aromatic carbocycles. The molecule has 0 aliphatic carbocycles. The smallest absolute Gasteiger partial charge is 0.170 e. The zero-order valence-electron chi connectivity index (χ0n) is 15.9. The van der Waals surface area contributed by atoms with E-state index < -0.39 is 0 Å². The van der Waals surface area contributed by atoms with Gasteiger partial charge in [-0.1, -0.05) is 36.7 Å². The van der Waals surface area contributed by atoms with E-state index in [1.807, 2.05) is 61.7 Å². The molecule has 1 aliphatic rings. The molecule has 0 bridgehead atoms. The van der Waals surface area contributed by atoms with E-state index in [4.69, 9.17) is 28.2 Å². The lowest BCUT2D eigenvalue weighted by atomic mass is 10.0. The van der Waals surface area contributed by atoms with Gasteiger partial charge in [-0.05, 0) is 61.5 Å². The van der Waals surface area contributed by atoms with Gasteiger partial charge in [0.05, 0.1) is 11.7 Å². The second-order valence-corrected chi connectivity index (χ2v) is 7.78. The van der Waals surface area contributed by atoms with Crippen molar-refractivity contribution in [1.29, 1.82) is 0 Å². The molecule has 3 aromatic rings. The molecule has 4 rings (SSSR count). The first kappa shape index (κ1) is 19.0. The van der Waals surface area contributed by atoms with Gasteiger partial charge in [-0.2, -0.15) is 0 Å². The minimum atomic E-state index is -0.0548. The van der Waals surface area contributed by atoms with E-state index in [9.17, 15) is 0 Å². The van der Waals surface area contributed by atoms with Gasteiger partial charge in [0.1, 0.15) is 17.6 Å². The lowest BCUT2D eigenvalue weighted by Crippen LogP contribution is -2.30. The SMILES string of the molecule is CCCN1C(=S)NC(c2ccccn2)C1c1ccc(-c2ccc(C)c(Cl)c2)o1. The first-order valence-electron chi connectivity index (χ1n) is 9.43. The van der Waals surface area contributed by atoms with Crippen molar-refractivity contribution in [2.24, 2.45) is 0 Å². The number of aromatic nitrogens is 1. The highest BCUT2D eigenvalue weighted by atomic mass is 35.5. The maximum Gasteiger partial charge on any atom is 0.170 e. The largest absolute Gasteiger partial charge is 0.459 e. The number of nitrogens with zero attached hydrogens (tertiary/aromatic N) is 2. The zero-order valence-corrected chi connectivity index (χ0v) is 17.4. The van der Waals surface area contributed by atoms with Gasteiger partial charge in [0.2, 0.25) is 0 Å². The Labute approximate surface area is 175 Å². The van der Waals surface area contributed by atoms with Gasteiger partial charge in [-0.3, -0.25) is 4.98 Å². The summed E-state index contributed by atoms with van der Waals surface area (Å²) in [6, 6.07) is 15.8. The van der Waals surface area contributed by atoms with Crippen LogP contribution in [0.15, 0.2) is 59.1 Å². The number of benzene rings is 1. The predicted octanol–water partition coefficient (Wildman–Crippen LogP) is 5.69. The van der Waals surface area contributed by atoms with E-state index >= 15 is 0 Å². The van der Waals surface area contributed by atoms with Crippen LogP contribution in [0.2, 0.25) is 5.02 Å². The van der Waals surface area contributed by atoms with Gasteiger partial charge in [0, 0.05) is 23.3 Å². The third kappa shape index (κ3) is 3.52. The molecule has 1 fully saturated rings. The molecule has 6 heteroatoms. The third-order valence-corrected chi connectivity index (χ3v) is 5.80. The summed E-state index contributed by atoms with van der Waals surface area (Å²) in [6.07, 6.45) is 2.80. The van der Waals surface area contributed by atoms with Crippen LogP contribution < -0.4 is 5.32 Å². The molecule has 2 atom stereocenters. The molecule has 1 saturated heterocycles. The summed E-state index contributed by atoms with van der Waals surface area (Å²) < 4.78 is 6.30. The lowest BCUT2D eigenvalue weighted by Gasteiger charge is -2.25. The number of hydrogen-bond acceptors (Lipinski definition) is 3. The highest BCUT2D eigenvalue weighted by molar-refractivity contribution is 7.80. The van der Waals surface area contributed by atoms with Gasteiger partial charge < -0.3 is 14.6 Å². The Hall–Kier alpha value is -2.37. The molecular weight excluding hydrogens is 390 g/mol. The fourth-order valence-corrected chi connectivity index (χ4v) is 4.12. The number of thiocarbonyl (C=S) groups is 1. The quantitative estimate of drug-likeness (QED) is 0.546. The second-order valence-electron chi connectivity index (χ2n) is 6.99. The van der Waals surface area contributed by atoms with E-state index in [0.29, 0.717) is 0 Å². The zero-order chi connectivity index (χ0) is 19.7. The van der Waals surface area contributed by atoms with Crippen molar-refractivity contribution in [2.75, 3.05) is 6.54 Å². The van der Waals surface area contributed by atoms with Crippen molar-refractivity contribution in [3.8, 4) is 11.3 Å². The van der Waals surface area contributed by atoms with Gasteiger partial charge in [-0.25, -0.2) is 0 Å². The average molecular weight is 412 g/mol. The Balaban J connectivity index is 1.72. The number of hydrogen-bond donors (Lipinski definition) is 1. The van der Waals surface area contributed by atoms with Crippen LogP contribution in [0, 0.1) is 6.92 Å². The highest BCUT2D eigenvalue weighted by Gasteiger charge is 2.41. The Kier molecular flexibility index (Phi) is 5.38. The molecular formula is C22H22ClN3OS. The van der Waals surface area contributed by atoms with Crippen molar-refractivity contribution in [3.63, 3.8) is 0 Å². The summed E-state index contributed by atoms with van der Waals surface area (Å²) in [4.78, 5) is 6.74. The summed E-state index contributed by atoms with van der Waals surface area (Å²) in [6.45, 7) is 4.99. The monoisotopic (exact) mass is 411 g/mol. The molecule has 1 aliphatic heterocycles. The number of pyridine rings is 1. The van der Waals surface area contributed by atoms with Gasteiger partial charge in [0.25, 0.3) is 0 Å². The fraction of sp³-hybridized carbons (Fsp3) is 0.273. The van der Waals surface area contributed by atoms with E-state index in [2.05, 4.69) is 22.1 Å². The standard InChI is InChI=1S/C22H22ClN3OS/c1-3-12-26-21(20(25-22(26)28)17-6-4-5-11-24-17)19-10-9-18(27-19)15-8-7-14(2)16(23)13-15/h4-11,13,20-21H,3,12H2,1-2H3,(H,25,28). The molecule has 0 saturated carbocycles. The number of rotatable bonds is 5. The minimum absolute atomic E-state index is 0.0444. The number of nitrogens with one attached hydrogen (secondary N) is 1. The van der Waals surface area contributed by atoms with Crippen molar-refractivity contribution >= 4 is 28.9 Å². The molecule has 0 spiro atoms. The van der Waals surface area contributed by atoms with Gasteiger partial charge >= 0.3 is 0 Å². The maximum absolute atomic E-state index is 6.30. The predicted molar refractivity (Wildman–Crippen MR) is 116 cm³/mol. The topological polar surface area (TPSA) is 41.3 Å². The van der Waals surface area contributed by atoms with Gasteiger partial charge in [0.15, 0.2) is 5.11 Å². The molecule has 4 nitrogen and oxygen atoms in total. The molecule has 2 unspecified atom stereocenters. The molecule has 1 N–H and O–H groups in total. The molecule has 2 aromatic heterocycles. The van der Waals surface area contributed by atoms with Crippen LogP contribution in [0.5, 0.6) is 0 Å². The van der Waals surface area contributed by atoms with Crippen LogP contribution >= 0.6 is 23.8 Å². The summed E-state index contributed by atoms with van der Waals surface area (Å²) in [5, 5.41) is 4.90. The lowest BCUT2D eigenvalue weighted by molar-refractivity contribution is 0.275. The van der Waals surface area contributed by atoms with E-state index in [-0.39, 0.29) is 12.1 Å².